The van der Waals surface area contributed by atoms with Crippen molar-refractivity contribution < 1.29 is 4.39 Å². The van der Waals surface area contributed by atoms with Gasteiger partial charge in [-0.25, -0.2) is 4.39 Å². The van der Waals surface area contributed by atoms with E-state index in [-0.39, 0.29) is 0 Å². The minimum absolute atomic E-state index is 0.515. The molecule has 0 amide bonds. The van der Waals surface area contributed by atoms with Crippen LogP contribution in [-0.4, -0.2) is 43.3 Å². The first-order valence-corrected chi connectivity index (χ1v) is 5.45. The molecule has 0 bridgehead atoms. The Morgan fingerprint density at radius 1 is 1.00 bits per heavy atom. The van der Waals surface area contributed by atoms with E-state index in [1.807, 2.05) is 0 Å². The first-order valence-electron chi connectivity index (χ1n) is 5.45. The fourth-order valence-electron chi connectivity index (χ4n) is 2.45. The third-order valence-electron chi connectivity index (χ3n) is 3.29. The van der Waals surface area contributed by atoms with E-state index in [1.54, 1.807) is 0 Å². The lowest BCUT2D eigenvalue weighted by Gasteiger charge is -2.37. The number of piperazine rings is 1. The van der Waals surface area contributed by atoms with Gasteiger partial charge in [-0.05, 0) is 25.7 Å². The lowest BCUT2D eigenvalue weighted by Crippen LogP contribution is -2.49. The molecule has 76 valence electrons. The molecule has 2 fully saturated rings. The van der Waals surface area contributed by atoms with Crippen LogP contribution in [0.15, 0.2) is 0 Å². The van der Waals surface area contributed by atoms with Gasteiger partial charge in [0.05, 0.1) is 0 Å². The van der Waals surface area contributed by atoms with Crippen molar-refractivity contribution in [2.45, 2.75) is 37.9 Å². The van der Waals surface area contributed by atoms with Crippen molar-refractivity contribution in [1.82, 2.24) is 10.2 Å². The van der Waals surface area contributed by atoms with Gasteiger partial charge < -0.3 is 5.32 Å². The van der Waals surface area contributed by atoms with Crippen molar-refractivity contribution in [2.24, 2.45) is 0 Å². The Morgan fingerprint density at radius 3 is 2.23 bits per heavy atom. The van der Waals surface area contributed by atoms with Crippen LogP contribution in [0.3, 0.4) is 0 Å². The van der Waals surface area contributed by atoms with Gasteiger partial charge in [0.15, 0.2) is 0 Å². The van der Waals surface area contributed by atoms with Crippen molar-refractivity contribution in [1.29, 1.82) is 0 Å². The van der Waals surface area contributed by atoms with E-state index >= 15 is 0 Å². The molecule has 0 radical (unpaired) electrons. The Balaban J connectivity index is 1.79. The number of rotatable bonds is 1. The first kappa shape index (κ1) is 9.41. The summed E-state index contributed by atoms with van der Waals surface area (Å²) in [7, 11) is 0. The molecule has 0 aromatic rings. The average molecular weight is 186 g/mol. The van der Waals surface area contributed by atoms with Gasteiger partial charge in [-0.1, -0.05) is 0 Å². The van der Waals surface area contributed by atoms with E-state index in [0.29, 0.717) is 6.04 Å². The van der Waals surface area contributed by atoms with E-state index in [1.165, 1.54) is 0 Å². The SMILES string of the molecule is FC1CCC(N2CCNCC2)CC1. The summed E-state index contributed by atoms with van der Waals surface area (Å²) in [6.45, 7) is 4.52. The summed E-state index contributed by atoms with van der Waals surface area (Å²) in [6.07, 6.45) is 3.20. The van der Waals surface area contributed by atoms with Gasteiger partial charge in [0.2, 0.25) is 0 Å². The summed E-state index contributed by atoms with van der Waals surface area (Å²) in [6, 6.07) is 0.675. The molecular weight excluding hydrogens is 167 g/mol. The fourth-order valence-corrected chi connectivity index (χ4v) is 2.45. The second-order valence-electron chi connectivity index (χ2n) is 4.19. The maximum atomic E-state index is 12.9. The quantitative estimate of drug-likeness (QED) is 0.661. The van der Waals surface area contributed by atoms with E-state index in [0.717, 1.165) is 51.9 Å². The molecule has 0 aromatic carbocycles. The summed E-state index contributed by atoms with van der Waals surface area (Å²) in [4.78, 5) is 2.53. The maximum Gasteiger partial charge on any atom is 0.100 e. The highest BCUT2D eigenvalue weighted by Crippen LogP contribution is 2.24. The van der Waals surface area contributed by atoms with Crippen molar-refractivity contribution in [3.05, 3.63) is 0 Å². The van der Waals surface area contributed by atoms with E-state index in [9.17, 15) is 4.39 Å². The fraction of sp³-hybridized carbons (Fsp3) is 1.00. The molecule has 3 heteroatoms. The second-order valence-corrected chi connectivity index (χ2v) is 4.19. The Hall–Kier alpha value is -0.150. The van der Waals surface area contributed by atoms with Crippen LogP contribution in [0, 0.1) is 0 Å². The highest BCUT2D eigenvalue weighted by atomic mass is 19.1. The molecule has 1 saturated carbocycles. The zero-order valence-corrected chi connectivity index (χ0v) is 8.14. The highest BCUT2D eigenvalue weighted by Gasteiger charge is 2.25. The lowest BCUT2D eigenvalue weighted by atomic mass is 9.92. The van der Waals surface area contributed by atoms with Crippen LogP contribution in [0.2, 0.25) is 0 Å². The van der Waals surface area contributed by atoms with Gasteiger partial charge in [0.1, 0.15) is 6.17 Å². The minimum atomic E-state index is -0.515. The normalized spacial score (nSPS) is 37.6. The van der Waals surface area contributed by atoms with Gasteiger partial charge in [0, 0.05) is 32.2 Å². The Morgan fingerprint density at radius 2 is 1.62 bits per heavy atom. The summed E-state index contributed by atoms with van der Waals surface area (Å²) >= 11 is 0. The molecule has 0 unspecified atom stereocenters. The van der Waals surface area contributed by atoms with Crippen LogP contribution >= 0.6 is 0 Å². The first-order chi connectivity index (χ1) is 6.36. The predicted molar refractivity (Wildman–Crippen MR) is 51.6 cm³/mol. The molecule has 1 aliphatic carbocycles. The van der Waals surface area contributed by atoms with Gasteiger partial charge in [-0.3, -0.25) is 4.90 Å². The van der Waals surface area contributed by atoms with Crippen molar-refractivity contribution in [2.75, 3.05) is 26.2 Å². The average Bonchev–Trinajstić information content (AvgIpc) is 2.20. The van der Waals surface area contributed by atoms with E-state index < -0.39 is 6.17 Å². The standard InChI is InChI=1S/C10H19FN2/c11-9-1-3-10(4-2-9)13-7-5-12-6-8-13/h9-10,12H,1-8H2. The smallest absolute Gasteiger partial charge is 0.100 e. The predicted octanol–water partition coefficient (Wildman–Crippen LogP) is 1.17. The third-order valence-corrected chi connectivity index (χ3v) is 3.29. The number of hydrogen-bond acceptors (Lipinski definition) is 2. The van der Waals surface area contributed by atoms with Gasteiger partial charge in [-0.2, -0.15) is 0 Å². The molecule has 1 heterocycles. The highest BCUT2D eigenvalue weighted by molar-refractivity contribution is 4.81. The Kier molecular flexibility index (Phi) is 3.17. The van der Waals surface area contributed by atoms with Crippen LogP contribution in [0.25, 0.3) is 0 Å². The molecule has 0 aromatic heterocycles. The molecule has 2 aliphatic rings. The Labute approximate surface area is 79.5 Å². The lowest BCUT2D eigenvalue weighted by molar-refractivity contribution is 0.108. The van der Waals surface area contributed by atoms with Gasteiger partial charge in [-0.15, -0.1) is 0 Å². The molecule has 0 spiro atoms. The van der Waals surface area contributed by atoms with Gasteiger partial charge >= 0.3 is 0 Å². The molecule has 1 aliphatic heterocycles. The summed E-state index contributed by atoms with van der Waals surface area (Å²) in [5, 5.41) is 3.35. The van der Waals surface area contributed by atoms with Crippen molar-refractivity contribution in [3.63, 3.8) is 0 Å². The zero-order chi connectivity index (χ0) is 9.10. The molecular formula is C10H19FN2. The minimum Gasteiger partial charge on any atom is -0.314 e. The number of nitrogens with one attached hydrogen (secondary N) is 1. The third kappa shape index (κ3) is 2.41. The van der Waals surface area contributed by atoms with Crippen LogP contribution in [0.4, 0.5) is 4.39 Å². The molecule has 13 heavy (non-hydrogen) atoms. The topological polar surface area (TPSA) is 15.3 Å². The molecule has 2 nitrogen and oxygen atoms in total. The largest absolute Gasteiger partial charge is 0.314 e. The number of hydrogen-bond donors (Lipinski definition) is 1. The number of nitrogens with zero attached hydrogens (tertiary/aromatic N) is 1. The summed E-state index contributed by atoms with van der Waals surface area (Å²) in [5.74, 6) is 0. The van der Waals surface area contributed by atoms with Crippen molar-refractivity contribution >= 4 is 0 Å². The molecule has 1 saturated heterocycles. The number of halogens is 1. The zero-order valence-electron chi connectivity index (χ0n) is 8.14. The van der Waals surface area contributed by atoms with Crippen LogP contribution in [0.5, 0.6) is 0 Å². The summed E-state index contributed by atoms with van der Waals surface area (Å²) in [5.41, 5.74) is 0. The van der Waals surface area contributed by atoms with Crippen LogP contribution < -0.4 is 5.32 Å². The van der Waals surface area contributed by atoms with E-state index in [4.69, 9.17) is 0 Å². The van der Waals surface area contributed by atoms with E-state index in [2.05, 4.69) is 10.2 Å². The van der Waals surface area contributed by atoms with Crippen LogP contribution in [-0.2, 0) is 0 Å². The number of alkyl halides is 1. The second kappa shape index (κ2) is 4.38. The summed E-state index contributed by atoms with van der Waals surface area (Å²) < 4.78 is 12.9. The molecule has 2 rings (SSSR count). The Bertz CT molecular complexity index is 149. The molecule has 1 N–H and O–H groups in total. The maximum absolute atomic E-state index is 12.9. The monoisotopic (exact) mass is 186 g/mol. The van der Waals surface area contributed by atoms with Crippen LogP contribution in [0.1, 0.15) is 25.7 Å². The van der Waals surface area contributed by atoms with Crippen molar-refractivity contribution in [3.8, 4) is 0 Å². The molecule has 0 atom stereocenters. The van der Waals surface area contributed by atoms with Gasteiger partial charge in [0.25, 0.3) is 0 Å².